The maximum Gasteiger partial charge on any atom is 0.324 e. The van der Waals surface area contributed by atoms with Gasteiger partial charge in [-0.05, 0) is 0 Å². The molecule has 1 fully saturated rings. The predicted octanol–water partition coefficient (Wildman–Crippen LogP) is -1.02. The van der Waals surface area contributed by atoms with E-state index in [9.17, 15) is 9.59 Å². The average molecular weight is 186 g/mol. The number of hydrogen-bond acceptors (Lipinski definition) is 4. The molecule has 1 N–H and O–H groups in total. The van der Waals surface area contributed by atoms with Gasteiger partial charge in [0.1, 0.15) is 6.04 Å². The fraction of sp³-hybridized carbons (Fsp3) is 0.750. The summed E-state index contributed by atoms with van der Waals surface area (Å²) in [6.07, 6.45) is 0. The number of nitrogens with one attached hydrogen (secondary N) is 1. The van der Waals surface area contributed by atoms with Crippen LogP contribution < -0.4 is 5.32 Å². The van der Waals surface area contributed by atoms with Crippen LogP contribution in [0.25, 0.3) is 0 Å². The third-order valence-corrected chi connectivity index (χ3v) is 2.11. The summed E-state index contributed by atoms with van der Waals surface area (Å²) in [5.74, 6) is -0.318. The molecule has 74 valence electrons. The van der Waals surface area contributed by atoms with Crippen LogP contribution in [0.15, 0.2) is 0 Å². The first-order chi connectivity index (χ1) is 6.15. The van der Waals surface area contributed by atoms with Gasteiger partial charge in [0.25, 0.3) is 0 Å². The van der Waals surface area contributed by atoms with Crippen molar-refractivity contribution in [3.63, 3.8) is 0 Å². The number of carbonyl (C=O) groups excluding carboxylic acids is 2. The van der Waals surface area contributed by atoms with Crippen molar-refractivity contribution in [3.05, 3.63) is 0 Å². The lowest BCUT2D eigenvalue weighted by atomic mass is 10.2. The van der Waals surface area contributed by atoms with Gasteiger partial charge in [0.05, 0.1) is 7.11 Å². The second kappa shape index (κ2) is 4.23. The third kappa shape index (κ3) is 2.42. The zero-order valence-electron chi connectivity index (χ0n) is 7.87. The molecule has 13 heavy (non-hydrogen) atoms. The number of amides is 1. The van der Waals surface area contributed by atoms with Crippen LogP contribution in [-0.2, 0) is 14.3 Å². The molecule has 1 aliphatic rings. The minimum Gasteiger partial charge on any atom is -0.468 e. The molecule has 5 nitrogen and oxygen atoms in total. The number of ether oxygens (including phenoxy) is 1. The van der Waals surface area contributed by atoms with E-state index in [4.69, 9.17) is 0 Å². The molecule has 0 unspecified atom stereocenters. The van der Waals surface area contributed by atoms with Gasteiger partial charge in [0, 0.05) is 26.6 Å². The van der Waals surface area contributed by atoms with Crippen molar-refractivity contribution < 1.29 is 14.3 Å². The van der Waals surface area contributed by atoms with Gasteiger partial charge in [-0.15, -0.1) is 0 Å². The Kier molecular flexibility index (Phi) is 3.25. The number of piperazine rings is 1. The molecule has 0 aromatic heterocycles. The fourth-order valence-corrected chi connectivity index (χ4v) is 1.34. The molecule has 1 saturated heterocycles. The van der Waals surface area contributed by atoms with Gasteiger partial charge in [-0.3, -0.25) is 9.59 Å². The zero-order chi connectivity index (χ0) is 9.84. The summed E-state index contributed by atoms with van der Waals surface area (Å²) < 4.78 is 4.58. The summed E-state index contributed by atoms with van der Waals surface area (Å²) in [6.45, 7) is 3.20. The van der Waals surface area contributed by atoms with Gasteiger partial charge >= 0.3 is 5.97 Å². The quantitative estimate of drug-likeness (QED) is 0.532. The molecular formula is C8H14N2O3. The van der Waals surface area contributed by atoms with Crippen LogP contribution >= 0.6 is 0 Å². The van der Waals surface area contributed by atoms with Crippen molar-refractivity contribution in [3.8, 4) is 0 Å². The molecule has 1 rings (SSSR count). The number of methoxy groups -OCH3 is 1. The molecule has 0 aliphatic carbocycles. The monoisotopic (exact) mass is 186 g/mol. The average Bonchev–Trinajstić information content (AvgIpc) is 2.17. The first kappa shape index (κ1) is 9.98. The van der Waals surface area contributed by atoms with E-state index in [-0.39, 0.29) is 17.9 Å². The number of nitrogens with zero attached hydrogens (tertiary/aromatic N) is 1. The van der Waals surface area contributed by atoms with Gasteiger partial charge in [0.2, 0.25) is 5.91 Å². The fourth-order valence-electron chi connectivity index (χ4n) is 1.34. The lowest BCUT2D eigenvalue weighted by molar-refractivity contribution is -0.145. The molecular weight excluding hydrogens is 172 g/mol. The van der Waals surface area contributed by atoms with Crippen molar-refractivity contribution >= 4 is 11.9 Å². The largest absolute Gasteiger partial charge is 0.468 e. The SMILES string of the molecule is COC(=O)[C@@H]1CN(C(C)=O)CCN1. The van der Waals surface area contributed by atoms with Crippen LogP contribution in [-0.4, -0.2) is 49.6 Å². The van der Waals surface area contributed by atoms with Crippen molar-refractivity contribution in [2.45, 2.75) is 13.0 Å². The van der Waals surface area contributed by atoms with Crippen LogP contribution in [0.4, 0.5) is 0 Å². The summed E-state index contributed by atoms with van der Waals surface area (Å²) in [4.78, 5) is 23.8. The highest BCUT2D eigenvalue weighted by Gasteiger charge is 2.26. The Hall–Kier alpha value is -1.10. The summed E-state index contributed by atoms with van der Waals surface area (Å²) in [5.41, 5.74) is 0. The molecule has 5 heteroatoms. The van der Waals surface area contributed by atoms with Crippen molar-refractivity contribution in [1.82, 2.24) is 10.2 Å². The molecule has 1 heterocycles. The van der Waals surface area contributed by atoms with Crippen molar-refractivity contribution in [2.75, 3.05) is 26.7 Å². The smallest absolute Gasteiger partial charge is 0.324 e. The molecule has 1 amide bonds. The Balaban J connectivity index is 2.51. The van der Waals surface area contributed by atoms with Crippen molar-refractivity contribution in [1.29, 1.82) is 0 Å². The summed E-state index contributed by atoms with van der Waals surface area (Å²) in [7, 11) is 1.34. The standard InChI is InChI=1S/C8H14N2O3/c1-6(11)10-4-3-9-7(5-10)8(12)13-2/h7,9H,3-5H2,1-2H3/t7-/m0/s1. The highest BCUT2D eigenvalue weighted by molar-refractivity contribution is 5.78. The number of esters is 1. The van der Waals surface area contributed by atoms with E-state index >= 15 is 0 Å². The number of hydrogen-bond donors (Lipinski definition) is 1. The maximum absolute atomic E-state index is 11.1. The molecule has 0 bridgehead atoms. The van der Waals surface area contributed by atoms with E-state index in [1.165, 1.54) is 14.0 Å². The van der Waals surface area contributed by atoms with Crippen LogP contribution in [0.1, 0.15) is 6.92 Å². The number of carbonyl (C=O) groups is 2. The van der Waals surface area contributed by atoms with Gasteiger partial charge in [-0.2, -0.15) is 0 Å². The normalized spacial score (nSPS) is 22.6. The first-order valence-electron chi connectivity index (χ1n) is 4.22. The van der Waals surface area contributed by atoms with Crippen molar-refractivity contribution in [2.24, 2.45) is 0 Å². The van der Waals surface area contributed by atoms with E-state index in [0.29, 0.717) is 19.6 Å². The first-order valence-corrected chi connectivity index (χ1v) is 4.22. The van der Waals surface area contributed by atoms with Crippen LogP contribution in [0.3, 0.4) is 0 Å². The van der Waals surface area contributed by atoms with E-state index in [0.717, 1.165) is 0 Å². The highest BCUT2D eigenvalue weighted by atomic mass is 16.5. The topological polar surface area (TPSA) is 58.6 Å². The van der Waals surface area contributed by atoms with E-state index < -0.39 is 0 Å². The molecule has 0 aromatic rings. The Bertz CT molecular complexity index is 217. The lowest BCUT2D eigenvalue weighted by Crippen LogP contribution is -2.55. The summed E-state index contributed by atoms with van der Waals surface area (Å²) in [5, 5.41) is 2.99. The van der Waals surface area contributed by atoms with Gasteiger partial charge in [0.15, 0.2) is 0 Å². The minimum absolute atomic E-state index is 0.00426. The highest BCUT2D eigenvalue weighted by Crippen LogP contribution is 2.00. The van der Waals surface area contributed by atoms with Gasteiger partial charge in [-0.25, -0.2) is 0 Å². The molecule has 0 aromatic carbocycles. The minimum atomic E-state index is -0.373. The second-order valence-electron chi connectivity index (χ2n) is 2.99. The summed E-state index contributed by atoms with van der Waals surface area (Å²) >= 11 is 0. The Morgan fingerprint density at radius 2 is 2.23 bits per heavy atom. The number of rotatable bonds is 1. The Labute approximate surface area is 77.0 Å². The van der Waals surface area contributed by atoms with Crippen LogP contribution in [0.2, 0.25) is 0 Å². The molecule has 0 saturated carbocycles. The Morgan fingerprint density at radius 1 is 1.54 bits per heavy atom. The Morgan fingerprint density at radius 3 is 2.77 bits per heavy atom. The zero-order valence-corrected chi connectivity index (χ0v) is 7.87. The molecule has 0 spiro atoms. The molecule has 1 atom stereocenters. The second-order valence-corrected chi connectivity index (χ2v) is 2.99. The summed E-state index contributed by atoms with van der Waals surface area (Å²) in [6, 6.07) is -0.373. The van der Waals surface area contributed by atoms with Crippen LogP contribution in [0, 0.1) is 0 Å². The molecule has 1 aliphatic heterocycles. The predicted molar refractivity (Wildman–Crippen MR) is 46.1 cm³/mol. The van der Waals surface area contributed by atoms with E-state index in [2.05, 4.69) is 10.1 Å². The lowest BCUT2D eigenvalue weighted by Gasteiger charge is -2.31. The van der Waals surface area contributed by atoms with Crippen LogP contribution in [0.5, 0.6) is 0 Å². The van der Waals surface area contributed by atoms with E-state index in [1.807, 2.05) is 0 Å². The third-order valence-electron chi connectivity index (χ3n) is 2.11. The van der Waals surface area contributed by atoms with E-state index in [1.54, 1.807) is 4.90 Å². The van der Waals surface area contributed by atoms with Gasteiger partial charge in [-0.1, -0.05) is 0 Å². The van der Waals surface area contributed by atoms with Gasteiger partial charge < -0.3 is 15.0 Å². The molecule has 0 radical (unpaired) electrons. The maximum atomic E-state index is 11.1.